The van der Waals surface area contributed by atoms with Gasteiger partial charge in [-0.1, -0.05) is 23.2 Å². The zero-order valence-corrected chi connectivity index (χ0v) is 10.8. The van der Waals surface area contributed by atoms with Crippen molar-refractivity contribution >= 4 is 29.1 Å². The quantitative estimate of drug-likeness (QED) is 0.836. The largest absolute Gasteiger partial charge is 0.366 e. The number of carbonyl (C=O) groups is 1. The number of ether oxygens (including phenoxy) is 2. The van der Waals surface area contributed by atoms with Crippen LogP contribution < -0.4 is 5.73 Å². The fourth-order valence-electron chi connectivity index (χ4n) is 1.19. The second-order valence-electron chi connectivity index (χ2n) is 3.17. The highest BCUT2D eigenvalue weighted by molar-refractivity contribution is 6.20. The van der Waals surface area contributed by atoms with E-state index in [1.165, 1.54) is 26.4 Å². The van der Waals surface area contributed by atoms with E-state index >= 15 is 0 Å². The molecule has 94 valence electrons. The molecule has 2 N–H and O–H groups in total. The van der Waals surface area contributed by atoms with Gasteiger partial charge in [0.15, 0.2) is 11.1 Å². The molecule has 7 heteroatoms. The van der Waals surface area contributed by atoms with Crippen LogP contribution in [0.5, 0.6) is 0 Å². The third-order valence-corrected chi connectivity index (χ3v) is 2.83. The first-order valence-corrected chi connectivity index (χ1v) is 5.52. The summed E-state index contributed by atoms with van der Waals surface area (Å²) in [4.78, 5) is 15.3. The number of hydrogen-bond donors (Lipinski definition) is 1. The Hall–Kier alpha value is -0.880. The molecule has 1 aromatic rings. The van der Waals surface area contributed by atoms with Crippen molar-refractivity contribution in [2.45, 2.75) is 11.1 Å². The number of amides is 1. The first kappa shape index (κ1) is 14.2. The molecule has 0 spiro atoms. The second kappa shape index (κ2) is 6.16. The third-order valence-electron chi connectivity index (χ3n) is 2.03. The van der Waals surface area contributed by atoms with Crippen LogP contribution in [0.3, 0.4) is 0 Å². The molecule has 2 atom stereocenters. The van der Waals surface area contributed by atoms with Crippen molar-refractivity contribution < 1.29 is 14.3 Å². The van der Waals surface area contributed by atoms with Gasteiger partial charge in [0.05, 0.1) is 11.4 Å². The Morgan fingerprint density at radius 3 is 1.94 bits per heavy atom. The molecule has 17 heavy (non-hydrogen) atoms. The van der Waals surface area contributed by atoms with Gasteiger partial charge in [-0.25, -0.2) is 4.98 Å². The number of aromatic nitrogens is 1. The lowest BCUT2D eigenvalue weighted by molar-refractivity contribution is 0.0999. The Labute approximate surface area is 109 Å². The van der Waals surface area contributed by atoms with Gasteiger partial charge in [0.1, 0.15) is 0 Å². The van der Waals surface area contributed by atoms with Crippen molar-refractivity contribution in [3.63, 3.8) is 0 Å². The summed E-state index contributed by atoms with van der Waals surface area (Å²) < 4.78 is 9.81. The standard InChI is InChI=1S/C10H12Cl2N2O3/c1-16-8(11)6-3-5(10(13)15)4-7(14-6)9(12)17-2/h3-4,8-9H,1-2H3,(H2,13,15). The van der Waals surface area contributed by atoms with Crippen molar-refractivity contribution in [3.8, 4) is 0 Å². The van der Waals surface area contributed by atoms with Gasteiger partial charge >= 0.3 is 0 Å². The predicted molar refractivity (Wildman–Crippen MR) is 64.0 cm³/mol. The number of nitrogens with zero attached hydrogens (tertiary/aromatic N) is 1. The average Bonchev–Trinajstić information content (AvgIpc) is 2.36. The molecule has 0 fully saturated rings. The first-order valence-electron chi connectivity index (χ1n) is 4.65. The van der Waals surface area contributed by atoms with E-state index in [9.17, 15) is 4.79 Å². The van der Waals surface area contributed by atoms with Gasteiger partial charge in [-0.3, -0.25) is 4.79 Å². The molecule has 1 rings (SSSR count). The normalized spacial score (nSPS) is 14.4. The number of hydrogen-bond acceptors (Lipinski definition) is 4. The minimum atomic E-state index is -0.784. The van der Waals surface area contributed by atoms with Crippen molar-refractivity contribution in [3.05, 3.63) is 29.1 Å². The third kappa shape index (κ3) is 3.54. The molecule has 0 aliphatic heterocycles. The Bertz CT molecular complexity index is 386. The van der Waals surface area contributed by atoms with E-state index in [1.807, 2.05) is 0 Å². The van der Waals surface area contributed by atoms with Crippen LogP contribution in [0.4, 0.5) is 0 Å². The molecular weight excluding hydrogens is 267 g/mol. The predicted octanol–water partition coefficient (Wildman–Crippen LogP) is 1.95. The van der Waals surface area contributed by atoms with Gasteiger partial charge in [-0.15, -0.1) is 0 Å². The van der Waals surface area contributed by atoms with E-state index < -0.39 is 17.0 Å². The Balaban J connectivity index is 3.23. The molecule has 1 amide bonds. The molecule has 1 heterocycles. The summed E-state index contributed by atoms with van der Waals surface area (Å²) >= 11 is 11.7. The van der Waals surface area contributed by atoms with Crippen LogP contribution in [-0.4, -0.2) is 25.1 Å². The van der Waals surface area contributed by atoms with Crippen LogP contribution in [0.25, 0.3) is 0 Å². The van der Waals surface area contributed by atoms with E-state index in [0.29, 0.717) is 11.4 Å². The molecule has 0 saturated carbocycles. The molecule has 1 aromatic heterocycles. The van der Waals surface area contributed by atoms with Gasteiger partial charge in [0.25, 0.3) is 0 Å². The highest BCUT2D eigenvalue weighted by atomic mass is 35.5. The summed E-state index contributed by atoms with van der Waals surface area (Å²) in [5.74, 6) is -0.602. The highest BCUT2D eigenvalue weighted by Gasteiger charge is 2.17. The number of methoxy groups -OCH3 is 2. The second-order valence-corrected chi connectivity index (χ2v) is 3.97. The van der Waals surface area contributed by atoms with Crippen LogP contribution >= 0.6 is 23.2 Å². The SMILES string of the molecule is COC(Cl)c1cc(C(N)=O)cc(C(Cl)OC)n1. The average molecular weight is 279 g/mol. The Morgan fingerprint density at radius 2 is 1.65 bits per heavy atom. The van der Waals surface area contributed by atoms with Crippen molar-refractivity contribution in [1.29, 1.82) is 0 Å². The zero-order chi connectivity index (χ0) is 13.0. The summed E-state index contributed by atoms with van der Waals surface area (Å²) in [5, 5.41) is 0. The summed E-state index contributed by atoms with van der Waals surface area (Å²) in [7, 11) is 2.84. The number of pyridine rings is 1. The van der Waals surface area contributed by atoms with Gasteiger partial charge in [-0.2, -0.15) is 0 Å². The molecule has 0 aliphatic carbocycles. The van der Waals surface area contributed by atoms with Gasteiger partial charge in [-0.05, 0) is 12.1 Å². The number of rotatable bonds is 5. The fourth-order valence-corrected chi connectivity index (χ4v) is 1.41. The van der Waals surface area contributed by atoms with E-state index in [0.717, 1.165) is 0 Å². The van der Waals surface area contributed by atoms with E-state index in [4.69, 9.17) is 38.4 Å². The van der Waals surface area contributed by atoms with Crippen LogP contribution in [0.2, 0.25) is 0 Å². The number of alkyl halides is 2. The highest BCUT2D eigenvalue weighted by Crippen LogP contribution is 2.25. The van der Waals surface area contributed by atoms with Crippen LogP contribution in [0.1, 0.15) is 32.9 Å². The summed E-state index contributed by atoms with van der Waals surface area (Å²) in [6.45, 7) is 0. The van der Waals surface area contributed by atoms with Crippen molar-refractivity contribution in [2.75, 3.05) is 14.2 Å². The molecule has 0 aliphatic rings. The molecule has 0 bridgehead atoms. The topological polar surface area (TPSA) is 74.4 Å². The van der Waals surface area contributed by atoms with Gasteiger partial charge in [0, 0.05) is 19.8 Å². The molecule has 0 aromatic carbocycles. The van der Waals surface area contributed by atoms with Crippen molar-refractivity contribution in [2.24, 2.45) is 5.73 Å². The van der Waals surface area contributed by atoms with Crippen LogP contribution in [0.15, 0.2) is 12.1 Å². The van der Waals surface area contributed by atoms with Crippen molar-refractivity contribution in [1.82, 2.24) is 4.98 Å². The molecule has 0 saturated heterocycles. The summed E-state index contributed by atoms with van der Waals surface area (Å²) in [6.07, 6.45) is 0. The minimum absolute atomic E-state index is 0.246. The smallest absolute Gasteiger partial charge is 0.248 e. The lowest BCUT2D eigenvalue weighted by Crippen LogP contribution is -2.14. The zero-order valence-electron chi connectivity index (χ0n) is 9.31. The number of nitrogens with two attached hydrogens (primary N) is 1. The maximum absolute atomic E-state index is 11.2. The first-order chi connectivity index (χ1) is 7.99. The van der Waals surface area contributed by atoms with Gasteiger partial charge in [0.2, 0.25) is 5.91 Å². The monoisotopic (exact) mass is 278 g/mol. The Morgan fingerprint density at radius 1 is 1.24 bits per heavy atom. The summed E-state index contributed by atoms with van der Waals surface area (Å²) in [5.41, 5.74) is 4.58. The molecule has 2 unspecified atom stereocenters. The van der Waals surface area contributed by atoms with Crippen LogP contribution in [0, 0.1) is 0 Å². The molecule has 0 radical (unpaired) electrons. The maximum Gasteiger partial charge on any atom is 0.248 e. The summed E-state index contributed by atoms with van der Waals surface area (Å²) in [6, 6.07) is 2.90. The van der Waals surface area contributed by atoms with E-state index in [1.54, 1.807) is 0 Å². The van der Waals surface area contributed by atoms with E-state index in [-0.39, 0.29) is 5.56 Å². The minimum Gasteiger partial charge on any atom is -0.366 e. The van der Waals surface area contributed by atoms with Crippen LogP contribution in [-0.2, 0) is 9.47 Å². The number of carbonyl (C=O) groups excluding carboxylic acids is 1. The maximum atomic E-state index is 11.2. The van der Waals surface area contributed by atoms with E-state index in [2.05, 4.69) is 4.98 Å². The molecule has 5 nitrogen and oxygen atoms in total. The number of primary amides is 1. The lowest BCUT2D eigenvalue weighted by atomic mass is 10.2. The lowest BCUT2D eigenvalue weighted by Gasteiger charge is -2.13. The Kier molecular flexibility index (Phi) is 5.14. The molecular formula is C10H12Cl2N2O3. The number of halogens is 2. The fraction of sp³-hybridized carbons (Fsp3) is 0.400. The van der Waals surface area contributed by atoms with Gasteiger partial charge < -0.3 is 15.2 Å².